The Labute approximate surface area is 123 Å². The fourth-order valence-corrected chi connectivity index (χ4v) is 2.84. The van der Waals surface area contributed by atoms with Crippen molar-refractivity contribution in [3.05, 3.63) is 52.2 Å². The molecule has 0 spiro atoms. The second-order valence-electron chi connectivity index (χ2n) is 4.91. The molecule has 0 amide bonds. The van der Waals surface area contributed by atoms with Crippen LogP contribution in [-0.4, -0.2) is 4.98 Å². The maximum atomic E-state index is 9.01. The molecule has 1 aliphatic carbocycles. The highest BCUT2D eigenvalue weighted by atomic mass is 35.5. The van der Waals surface area contributed by atoms with Crippen molar-refractivity contribution in [1.29, 1.82) is 5.26 Å². The lowest BCUT2D eigenvalue weighted by Crippen LogP contribution is -2.07. The van der Waals surface area contributed by atoms with Gasteiger partial charge in [0.2, 0.25) is 0 Å². The van der Waals surface area contributed by atoms with Crippen LogP contribution in [0.15, 0.2) is 30.5 Å². The van der Waals surface area contributed by atoms with Gasteiger partial charge in [-0.25, -0.2) is 4.98 Å². The second-order valence-corrected chi connectivity index (χ2v) is 5.29. The molecule has 0 atom stereocenters. The van der Waals surface area contributed by atoms with Crippen LogP contribution in [0.4, 0.5) is 11.5 Å². The summed E-state index contributed by atoms with van der Waals surface area (Å²) in [4.78, 5) is 4.24. The lowest BCUT2D eigenvalue weighted by Gasteiger charge is -2.20. The molecule has 1 aromatic heterocycles. The van der Waals surface area contributed by atoms with Crippen LogP contribution in [0.3, 0.4) is 0 Å². The van der Waals surface area contributed by atoms with Crippen LogP contribution < -0.4 is 5.32 Å². The monoisotopic (exact) mass is 283 g/mol. The Hall–Kier alpha value is -2.05. The van der Waals surface area contributed by atoms with Crippen LogP contribution in [0.2, 0.25) is 5.02 Å². The normalized spacial score (nSPS) is 13.4. The molecule has 3 rings (SSSR count). The molecule has 1 N–H and O–H groups in total. The second kappa shape index (κ2) is 5.52. The zero-order chi connectivity index (χ0) is 13.9. The summed E-state index contributed by atoms with van der Waals surface area (Å²) in [7, 11) is 0. The number of aryl methyl sites for hydroxylation is 1. The van der Waals surface area contributed by atoms with E-state index < -0.39 is 0 Å². The van der Waals surface area contributed by atoms with Crippen molar-refractivity contribution >= 4 is 23.1 Å². The van der Waals surface area contributed by atoms with E-state index in [1.165, 1.54) is 24.0 Å². The minimum Gasteiger partial charge on any atom is -0.339 e. The lowest BCUT2D eigenvalue weighted by molar-refractivity contribution is 0.687. The van der Waals surface area contributed by atoms with Gasteiger partial charge in [-0.15, -0.1) is 0 Å². The van der Waals surface area contributed by atoms with Gasteiger partial charge in [-0.1, -0.05) is 23.7 Å². The van der Waals surface area contributed by atoms with Gasteiger partial charge in [-0.3, -0.25) is 0 Å². The summed E-state index contributed by atoms with van der Waals surface area (Å²) >= 11 is 6.19. The highest BCUT2D eigenvalue weighted by molar-refractivity contribution is 6.34. The molecule has 20 heavy (non-hydrogen) atoms. The Bertz CT molecular complexity index is 689. The fraction of sp³-hybridized carbons (Fsp3) is 0.250. The Morgan fingerprint density at radius 1 is 1.20 bits per heavy atom. The smallest absolute Gasteiger partial charge is 0.150 e. The molecule has 1 aromatic carbocycles. The molecule has 4 heteroatoms. The Morgan fingerprint density at radius 3 is 2.90 bits per heavy atom. The van der Waals surface area contributed by atoms with Crippen molar-refractivity contribution in [1.82, 2.24) is 4.98 Å². The van der Waals surface area contributed by atoms with E-state index in [1.54, 1.807) is 12.3 Å². The highest BCUT2D eigenvalue weighted by Crippen LogP contribution is 2.32. The van der Waals surface area contributed by atoms with Gasteiger partial charge >= 0.3 is 0 Å². The maximum Gasteiger partial charge on any atom is 0.150 e. The molecular weight excluding hydrogens is 270 g/mol. The van der Waals surface area contributed by atoms with Crippen molar-refractivity contribution in [3.8, 4) is 6.07 Å². The minimum atomic E-state index is 0.378. The number of rotatable bonds is 2. The van der Waals surface area contributed by atoms with Gasteiger partial charge < -0.3 is 5.32 Å². The van der Waals surface area contributed by atoms with Gasteiger partial charge in [0.1, 0.15) is 11.1 Å². The average molecular weight is 284 g/mol. The quantitative estimate of drug-likeness (QED) is 0.897. The third-order valence-electron chi connectivity index (χ3n) is 3.66. The number of nitrogens with zero attached hydrogens (tertiary/aromatic N) is 2. The Morgan fingerprint density at radius 2 is 2.05 bits per heavy atom. The molecule has 0 bridgehead atoms. The largest absolute Gasteiger partial charge is 0.339 e. The standard InChI is InChI=1S/C16H14ClN3/c17-15-12(10-18)8-9-19-16(15)20-14-7-3-5-11-4-1-2-6-13(11)14/h3,5,7-9H,1-2,4,6H2,(H,19,20). The van der Waals surface area contributed by atoms with E-state index >= 15 is 0 Å². The van der Waals surface area contributed by atoms with Crippen LogP contribution in [0.1, 0.15) is 29.5 Å². The number of benzene rings is 1. The number of nitrogens with one attached hydrogen (secondary N) is 1. The summed E-state index contributed by atoms with van der Waals surface area (Å²) in [6.07, 6.45) is 6.27. The number of aromatic nitrogens is 1. The summed E-state index contributed by atoms with van der Waals surface area (Å²) in [6, 6.07) is 9.96. The van der Waals surface area contributed by atoms with Crippen LogP contribution >= 0.6 is 11.6 Å². The third-order valence-corrected chi connectivity index (χ3v) is 4.04. The summed E-state index contributed by atoms with van der Waals surface area (Å²) < 4.78 is 0. The molecular formula is C16H14ClN3. The van der Waals surface area contributed by atoms with Gasteiger partial charge in [0, 0.05) is 11.9 Å². The van der Waals surface area contributed by atoms with E-state index in [1.807, 2.05) is 6.07 Å². The van der Waals surface area contributed by atoms with E-state index in [9.17, 15) is 0 Å². The number of anilines is 2. The highest BCUT2D eigenvalue weighted by Gasteiger charge is 2.14. The van der Waals surface area contributed by atoms with Crippen molar-refractivity contribution in [2.45, 2.75) is 25.7 Å². The number of pyridine rings is 1. The maximum absolute atomic E-state index is 9.01. The minimum absolute atomic E-state index is 0.378. The Balaban J connectivity index is 1.98. The molecule has 0 saturated heterocycles. The van der Waals surface area contributed by atoms with E-state index in [2.05, 4.69) is 28.5 Å². The lowest BCUT2D eigenvalue weighted by atomic mass is 9.90. The van der Waals surface area contributed by atoms with Gasteiger partial charge in [0.25, 0.3) is 0 Å². The molecule has 0 saturated carbocycles. The Kier molecular flexibility index (Phi) is 3.58. The number of hydrogen-bond donors (Lipinski definition) is 1. The fourth-order valence-electron chi connectivity index (χ4n) is 2.64. The molecule has 100 valence electrons. The molecule has 2 aromatic rings. The SMILES string of the molecule is N#Cc1ccnc(Nc2cccc3c2CCCC3)c1Cl. The van der Waals surface area contributed by atoms with Crippen molar-refractivity contribution in [3.63, 3.8) is 0 Å². The number of nitriles is 1. The molecule has 0 aliphatic heterocycles. The molecule has 0 fully saturated rings. The van der Waals surface area contributed by atoms with Crippen LogP contribution in [0.25, 0.3) is 0 Å². The topological polar surface area (TPSA) is 48.7 Å². The summed E-state index contributed by atoms with van der Waals surface area (Å²) in [5.74, 6) is 0.546. The zero-order valence-corrected chi connectivity index (χ0v) is 11.7. The summed E-state index contributed by atoms with van der Waals surface area (Å²) in [5, 5.41) is 12.7. The first-order chi connectivity index (χ1) is 9.79. The first-order valence-electron chi connectivity index (χ1n) is 6.72. The van der Waals surface area contributed by atoms with Gasteiger partial charge in [-0.2, -0.15) is 5.26 Å². The summed E-state index contributed by atoms with van der Waals surface area (Å²) in [5.41, 5.74) is 4.23. The summed E-state index contributed by atoms with van der Waals surface area (Å²) in [6.45, 7) is 0. The number of fused-ring (bicyclic) bond motifs is 1. The van der Waals surface area contributed by atoms with E-state index in [0.717, 1.165) is 18.5 Å². The van der Waals surface area contributed by atoms with Crippen LogP contribution in [0.5, 0.6) is 0 Å². The van der Waals surface area contributed by atoms with E-state index in [0.29, 0.717) is 16.4 Å². The predicted molar refractivity (Wildman–Crippen MR) is 80.3 cm³/mol. The van der Waals surface area contributed by atoms with Gasteiger partial charge in [0.15, 0.2) is 5.82 Å². The zero-order valence-electron chi connectivity index (χ0n) is 11.0. The van der Waals surface area contributed by atoms with E-state index in [4.69, 9.17) is 16.9 Å². The molecule has 1 aliphatic rings. The van der Waals surface area contributed by atoms with Crippen LogP contribution in [0, 0.1) is 11.3 Å². The van der Waals surface area contributed by atoms with Crippen molar-refractivity contribution in [2.75, 3.05) is 5.32 Å². The van der Waals surface area contributed by atoms with Crippen LogP contribution in [-0.2, 0) is 12.8 Å². The first-order valence-corrected chi connectivity index (χ1v) is 7.10. The number of hydrogen-bond acceptors (Lipinski definition) is 3. The van der Waals surface area contributed by atoms with Gasteiger partial charge in [0.05, 0.1) is 5.56 Å². The molecule has 1 heterocycles. The molecule has 0 radical (unpaired) electrons. The molecule has 3 nitrogen and oxygen atoms in total. The predicted octanol–water partition coefficient (Wildman–Crippen LogP) is 4.23. The third kappa shape index (κ3) is 2.35. The van der Waals surface area contributed by atoms with Crippen molar-refractivity contribution < 1.29 is 0 Å². The average Bonchev–Trinajstić information content (AvgIpc) is 2.50. The molecule has 0 unspecified atom stereocenters. The van der Waals surface area contributed by atoms with Gasteiger partial charge in [-0.05, 0) is 48.9 Å². The van der Waals surface area contributed by atoms with Crippen molar-refractivity contribution in [2.24, 2.45) is 0 Å². The number of halogens is 1. The first kappa shape index (κ1) is 13.0. The van der Waals surface area contributed by atoms with E-state index in [-0.39, 0.29) is 0 Å².